The number of rotatable bonds is 6. The van der Waals surface area contributed by atoms with Gasteiger partial charge in [-0.1, -0.05) is 54.3 Å². The second kappa shape index (κ2) is 9.60. The first-order chi connectivity index (χ1) is 17.7. The highest BCUT2D eigenvalue weighted by molar-refractivity contribution is 6.09. The van der Waals surface area contributed by atoms with Gasteiger partial charge in [-0.15, -0.1) is 5.23 Å². The van der Waals surface area contributed by atoms with Crippen LogP contribution in [0.4, 0.5) is 22.7 Å². The lowest BCUT2D eigenvalue weighted by Crippen LogP contribution is -2.23. The third-order valence-electron chi connectivity index (χ3n) is 6.54. The quantitative estimate of drug-likeness (QED) is 0.325. The zero-order valence-corrected chi connectivity index (χ0v) is 20.2. The van der Waals surface area contributed by atoms with Crippen molar-refractivity contribution in [1.82, 2.24) is 0 Å². The Hall–Kier alpha value is -4.35. The molecule has 0 aliphatic carbocycles. The van der Waals surface area contributed by atoms with Crippen molar-refractivity contribution in [3.05, 3.63) is 95.2 Å². The minimum absolute atomic E-state index is 0.128. The molecule has 10 heteroatoms. The van der Waals surface area contributed by atoms with Gasteiger partial charge >= 0.3 is 0 Å². The maximum Gasteiger partial charge on any atom is 0.122 e. The minimum atomic E-state index is -0.390. The van der Waals surface area contributed by atoms with Gasteiger partial charge in [0.2, 0.25) is 0 Å². The molecule has 190 valence electrons. The van der Waals surface area contributed by atoms with Crippen molar-refractivity contribution in [3.8, 4) is 5.75 Å². The van der Waals surface area contributed by atoms with Crippen LogP contribution in [0.1, 0.15) is 23.6 Å². The molecule has 1 aliphatic heterocycles. The fourth-order valence-electron chi connectivity index (χ4n) is 4.60. The first-order valence-corrected chi connectivity index (χ1v) is 11.6. The lowest BCUT2D eigenvalue weighted by molar-refractivity contribution is -0.266. The highest BCUT2D eigenvalue weighted by Crippen LogP contribution is 2.43. The Kier molecular flexibility index (Phi) is 6.32. The molecule has 1 aliphatic rings. The van der Waals surface area contributed by atoms with Crippen LogP contribution in [0.3, 0.4) is 0 Å². The fourth-order valence-corrected chi connectivity index (χ4v) is 4.60. The molecule has 1 heterocycles. The predicted octanol–water partition coefficient (Wildman–Crippen LogP) is 4.61. The van der Waals surface area contributed by atoms with Crippen LogP contribution in [0.2, 0.25) is 0 Å². The van der Waals surface area contributed by atoms with Crippen LogP contribution in [0, 0.1) is 5.21 Å². The molecule has 0 aromatic heterocycles. The Labute approximate surface area is 213 Å². The molecule has 1 atom stereocenters. The molecule has 1 unspecified atom stereocenters. The maximum atomic E-state index is 13.4. The summed E-state index contributed by atoms with van der Waals surface area (Å²) < 4.78 is 0. The van der Waals surface area contributed by atoms with Gasteiger partial charge in [-0.05, 0) is 52.2 Å². The Balaban J connectivity index is 1.64. The third-order valence-corrected chi connectivity index (χ3v) is 6.54. The van der Waals surface area contributed by atoms with Crippen LogP contribution in [0.5, 0.6) is 5.75 Å². The summed E-state index contributed by atoms with van der Waals surface area (Å²) in [5, 5.41) is 61.2. The molecule has 5 rings (SSSR count). The topological polar surface area (TPSA) is 132 Å². The number of hydrogen-bond donors (Lipinski definition) is 3. The number of anilines is 4. The Morgan fingerprint density at radius 1 is 0.892 bits per heavy atom. The van der Waals surface area contributed by atoms with E-state index in [1.807, 2.05) is 67.5 Å². The van der Waals surface area contributed by atoms with Crippen molar-refractivity contribution in [1.29, 1.82) is 0 Å². The number of hydrogen-bond acceptors (Lipinski definition) is 10. The first-order valence-electron chi connectivity index (χ1n) is 11.6. The van der Waals surface area contributed by atoms with Crippen molar-refractivity contribution in [2.24, 2.45) is 5.10 Å². The van der Waals surface area contributed by atoms with Crippen LogP contribution in [-0.2, 0) is 0 Å². The summed E-state index contributed by atoms with van der Waals surface area (Å²) >= 11 is 0. The molecule has 4 aromatic rings. The molecule has 0 fully saturated rings. The standard InChI is InChI=1S/C27H26N5O5/c1-29(2)19-10-7-18(8-11-19)25-16-23(22-13-9-17-5-3-4-6-21(17)27(22)33)28-30(25)24-14-12-20(31(34)35)15-26(24)32(36)37/h3-15,25,33-34,36-37H,16H2,1-2H3/q-1/p-1. The van der Waals surface area contributed by atoms with E-state index in [1.165, 1.54) is 12.1 Å². The van der Waals surface area contributed by atoms with E-state index in [9.17, 15) is 25.9 Å². The van der Waals surface area contributed by atoms with E-state index in [0.717, 1.165) is 22.7 Å². The van der Waals surface area contributed by atoms with Gasteiger partial charge in [0.05, 0.1) is 23.1 Å². The largest absolute Gasteiger partial charge is 0.872 e. The van der Waals surface area contributed by atoms with E-state index in [4.69, 9.17) is 5.10 Å². The smallest absolute Gasteiger partial charge is 0.122 e. The monoisotopic (exact) mass is 499 g/mol. The maximum absolute atomic E-state index is 13.4. The van der Waals surface area contributed by atoms with Gasteiger partial charge in [0, 0.05) is 26.2 Å². The molecule has 0 spiro atoms. The van der Waals surface area contributed by atoms with E-state index in [0.29, 0.717) is 23.1 Å². The predicted molar refractivity (Wildman–Crippen MR) is 141 cm³/mol. The second-order valence-electron chi connectivity index (χ2n) is 9.00. The van der Waals surface area contributed by atoms with Crippen molar-refractivity contribution >= 4 is 39.2 Å². The summed E-state index contributed by atoms with van der Waals surface area (Å²) in [6.45, 7) is 0. The van der Waals surface area contributed by atoms with Gasteiger partial charge in [0.15, 0.2) is 0 Å². The number of hydrazone groups is 1. The zero-order valence-electron chi connectivity index (χ0n) is 20.2. The van der Waals surface area contributed by atoms with E-state index in [-0.39, 0.29) is 39.3 Å². The summed E-state index contributed by atoms with van der Waals surface area (Å²) in [5.74, 6) is -0.135. The Morgan fingerprint density at radius 2 is 1.59 bits per heavy atom. The Bertz CT molecular complexity index is 1470. The van der Waals surface area contributed by atoms with E-state index in [2.05, 4.69) is 0 Å². The molecule has 0 bridgehead atoms. The van der Waals surface area contributed by atoms with Gasteiger partial charge < -0.3 is 20.4 Å². The summed E-state index contributed by atoms with van der Waals surface area (Å²) in [6, 6.07) is 22.4. The molecule has 0 radical (unpaired) electrons. The van der Waals surface area contributed by atoms with Gasteiger partial charge in [0.25, 0.3) is 0 Å². The molecule has 0 saturated heterocycles. The van der Waals surface area contributed by atoms with Crippen molar-refractivity contribution in [2.45, 2.75) is 12.5 Å². The lowest BCUT2D eigenvalue weighted by atomic mass is 9.95. The molecule has 3 N–H and O–H groups in total. The number of nitrogens with zero attached hydrogens (tertiary/aromatic N) is 5. The van der Waals surface area contributed by atoms with E-state index >= 15 is 0 Å². The average Bonchev–Trinajstić information content (AvgIpc) is 3.33. The van der Waals surface area contributed by atoms with E-state index in [1.54, 1.807) is 17.1 Å². The summed E-state index contributed by atoms with van der Waals surface area (Å²) in [5.41, 5.74) is 2.80. The van der Waals surface area contributed by atoms with Gasteiger partial charge in [-0.3, -0.25) is 20.6 Å². The lowest BCUT2D eigenvalue weighted by Gasteiger charge is -2.29. The first kappa shape index (κ1) is 24.3. The van der Waals surface area contributed by atoms with Crippen molar-refractivity contribution < 1.29 is 20.7 Å². The fraction of sp³-hybridized carbons (Fsp3) is 0.148. The highest BCUT2D eigenvalue weighted by atomic mass is 16.8. The summed E-state index contributed by atoms with van der Waals surface area (Å²) in [4.78, 5) is 1.98. The van der Waals surface area contributed by atoms with Crippen LogP contribution in [-0.4, -0.2) is 35.4 Å². The highest BCUT2D eigenvalue weighted by Gasteiger charge is 2.32. The molecular formula is C27H25N5O5-2. The molecule has 10 nitrogen and oxygen atoms in total. The average molecular weight is 500 g/mol. The molecule has 4 aromatic carbocycles. The summed E-state index contributed by atoms with van der Waals surface area (Å²) in [6.07, 6.45) is 0.376. The van der Waals surface area contributed by atoms with Gasteiger partial charge in [0.1, 0.15) is 5.69 Å². The van der Waals surface area contributed by atoms with Crippen LogP contribution >= 0.6 is 0 Å². The number of fused-ring (bicyclic) bond motifs is 1. The SMILES string of the molecule is CN(C)c1ccc(C2CC(c3ccc4ccccc4c3[O-])=NN2c2ccc(N([O-])O)cc2N(O)O)cc1. The summed E-state index contributed by atoms with van der Waals surface area (Å²) in [7, 11) is 3.89. The number of benzene rings is 4. The van der Waals surface area contributed by atoms with Crippen LogP contribution in [0.15, 0.2) is 84.0 Å². The second-order valence-corrected chi connectivity index (χ2v) is 9.00. The van der Waals surface area contributed by atoms with E-state index < -0.39 is 0 Å². The van der Waals surface area contributed by atoms with Crippen molar-refractivity contribution in [2.75, 3.05) is 34.5 Å². The van der Waals surface area contributed by atoms with Gasteiger partial charge in [-0.25, -0.2) is 0 Å². The minimum Gasteiger partial charge on any atom is -0.872 e. The molecule has 0 amide bonds. The zero-order chi connectivity index (χ0) is 26.3. The van der Waals surface area contributed by atoms with Gasteiger partial charge in [-0.2, -0.15) is 5.10 Å². The Morgan fingerprint density at radius 3 is 2.27 bits per heavy atom. The van der Waals surface area contributed by atoms with Crippen LogP contribution < -0.4 is 25.5 Å². The molecule has 37 heavy (non-hydrogen) atoms. The third kappa shape index (κ3) is 4.50. The molecular weight excluding hydrogens is 474 g/mol. The van der Waals surface area contributed by atoms with Crippen molar-refractivity contribution in [3.63, 3.8) is 0 Å². The molecule has 0 saturated carbocycles. The van der Waals surface area contributed by atoms with Crippen LogP contribution in [0.25, 0.3) is 10.8 Å². The normalized spacial score (nSPS) is 15.1.